The summed E-state index contributed by atoms with van der Waals surface area (Å²) in [6.45, 7) is 0. The number of hydrogen-bond acceptors (Lipinski definition) is 2. The molecule has 1 aliphatic carbocycles. The van der Waals surface area contributed by atoms with Crippen molar-refractivity contribution in [1.29, 1.82) is 0 Å². The van der Waals surface area contributed by atoms with Gasteiger partial charge in [0, 0.05) is 37.1 Å². The van der Waals surface area contributed by atoms with Crippen LogP contribution in [-0.4, -0.2) is 0 Å². The van der Waals surface area contributed by atoms with Gasteiger partial charge in [0.1, 0.15) is 0 Å². The largest absolute Gasteiger partial charge is 0.310 e. The standard InChI is InChI=1S/C69H45NS/c1-3-23-53(24-4-1)69(54-25-5-2-6-26-54)63-31-13-11-28-59(63)60-40-39-56(45-64(60)69)70(55-37-35-47(36-38-55)50-21-15-22-51(43-50)52-34-33-46-17-7-8-19-49(46)44-52)65-42-41-61(58-30-16-20-48-18-9-10-27-57(48)58)68-67(65)62-29-12-14-32-66(62)71-68/h1-45H. The molecule has 0 fully saturated rings. The van der Waals surface area contributed by atoms with Gasteiger partial charge in [-0.15, -0.1) is 11.3 Å². The SMILES string of the molecule is c1ccc(C2(c3ccccc3)c3ccccc3-c3ccc(N(c4ccc(-c5cccc(-c6ccc7ccccc7c6)c5)cc4)c4ccc(-c5cccc6ccccc56)c5sc6ccccc6c45)cc32)cc1. The summed E-state index contributed by atoms with van der Waals surface area (Å²) in [6, 6.07) is 101. The Hall–Kier alpha value is -8.82. The van der Waals surface area contributed by atoms with Crippen molar-refractivity contribution >= 4 is 70.1 Å². The molecule has 0 saturated carbocycles. The molecule has 0 atom stereocenters. The Morgan fingerprint density at radius 3 is 1.68 bits per heavy atom. The molecule has 0 aliphatic heterocycles. The minimum absolute atomic E-state index is 0.543. The summed E-state index contributed by atoms with van der Waals surface area (Å²) in [5.41, 5.74) is 17.7. The molecule has 1 nitrogen and oxygen atoms in total. The van der Waals surface area contributed by atoms with Crippen molar-refractivity contribution in [1.82, 2.24) is 0 Å². The van der Waals surface area contributed by atoms with Gasteiger partial charge in [-0.1, -0.05) is 224 Å². The van der Waals surface area contributed by atoms with E-state index >= 15 is 0 Å². The molecule has 0 amide bonds. The second-order valence-corrected chi connectivity index (χ2v) is 19.8. The predicted molar refractivity (Wildman–Crippen MR) is 303 cm³/mol. The third-order valence-electron chi connectivity index (χ3n) is 14.9. The molecule has 0 spiro atoms. The maximum Gasteiger partial charge on any atom is 0.0714 e. The number of fused-ring (bicyclic) bond motifs is 8. The molecule has 12 aromatic carbocycles. The lowest BCUT2D eigenvalue weighted by atomic mass is 9.67. The third-order valence-corrected chi connectivity index (χ3v) is 16.1. The molecule has 1 aromatic heterocycles. The second kappa shape index (κ2) is 16.7. The summed E-state index contributed by atoms with van der Waals surface area (Å²) in [6.07, 6.45) is 0. The maximum absolute atomic E-state index is 2.52. The van der Waals surface area contributed by atoms with Crippen LogP contribution in [0.2, 0.25) is 0 Å². The topological polar surface area (TPSA) is 3.24 Å². The number of rotatable bonds is 8. The van der Waals surface area contributed by atoms with Crippen molar-refractivity contribution in [2.24, 2.45) is 0 Å². The van der Waals surface area contributed by atoms with Crippen LogP contribution < -0.4 is 4.90 Å². The smallest absolute Gasteiger partial charge is 0.0714 e. The van der Waals surface area contributed by atoms with Crippen LogP contribution in [0.25, 0.3) is 86.2 Å². The number of benzene rings is 12. The van der Waals surface area contributed by atoms with E-state index in [1.54, 1.807) is 0 Å². The molecule has 1 heterocycles. The fourth-order valence-electron chi connectivity index (χ4n) is 11.7. The Balaban J connectivity index is 0.997. The van der Waals surface area contributed by atoms with Gasteiger partial charge in [-0.05, 0) is 131 Å². The molecule has 0 unspecified atom stereocenters. The lowest BCUT2D eigenvalue weighted by Gasteiger charge is -2.35. The summed E-state index contributed by atoms with van der Waals surface area (Å²) < 4.78 is 2.55. The number of anilines is 3. The van der Waals surface area contributed by atoms with Crippen LogP contribution in [0.15, 0.2) is 273 Å². The zero-order valence-corrected chi connectivity index (χ0v) is 39.7. The summed E-state index contributed by atoms with van der Waals surface area (Å²) in [4.78, 5) is 2.52. The Morgan fingerprint density at radius 1 is 0.310 bits per heavy atom. The van der Waals surface area contributed by atoms with E-state index in [2.05, 4.69) is 278 Å². The number of thiophene rings is 1. The van der Waals surface area contributed by atoms with E-state index < -0.39 is 5.41 Å². The van der Waals surface area contributed by atoms with E-state index in [9.17, 15) is 0 Å². The van der Waals surface area contributed by atoms with Crippen molar-refractivity contribution in [2.45, 2.75) is 5.41 Å². The van der Waals surface area contributed by atoms with Crippen molar-refractivity contribution in [3.8, 4) is 44.5 Å². The maximum atomic E-state index is 2.52. The first kappa shape index (κ1) is 41.2. The molecule has 13 aromatic rings. The van der Waals surface area contributed by atoms with E-state index in [4.69, 9.17) is 0 Å². The first-order valence-corrected chi connectivity index (χ1v) is 25.3. The highest BCUT2D eigenvalue weighted by atomic mass is 32.1. The second-order valence-electron chi connectivity index (χ2n) is 18.7. The number of hydrogen-bond donors (Lipinski definition) is 0. The van der Waals surface area contributed by atoms with Crippen molar-refractivity contribution in [2.75, 3.05) is 4.90 Å². The Kier molecular flexibility index (Phi) is 9.69. The predicted octanol–water partition coefficient (Wildman–Crippen LogP) is 19.2. The van der Waals surface area contributed by atoms with Crippen molar-refractivity contribution < 1.29 is 0 Å². The monoisotopic (exact) mass is 919 g/mol. The van der Waals surface area contributed by atoms with Crippen LogP contribution in [0.4, 0.5) is 17.1 Å². The van der Waals surface area contributed by atoms with Gasteiger partial charge in [0.15, 0.2) is 0 Å². The zero-order valence-electron chi connectivity index (χ0n) is 38.8. The molecule has 0 radical (unpaired) electrons. The normalized spacial score (nSPS) is 12.6. The first-order chi connectivity index (χ1) is 35.2. The lowest BCUT2D eigenvalue weighted by molar-refractivity contribution is 0.768. The highest BCUT2D eigenvalue weighted by Gasteiger charge is 2.46. The van der Waals surface area contributed by atoms with Gasteiger partial charge in [0.05, 0.1) is 11.1 Å². The summed E-state index contributed by atoms with van der Waals surface area (Å²) in [5.74, 6) is 0. The van der Waals surface area contributed by atoms with Gasteiger partial charge in [0.25, 0.3) is 0 Å². The lowest BCUT2D eigenvalue weighted by Crippen LogP contribution is -2.28. The van der Waals surface area contributed by atoms with Gasteiger partial charge in [-0.3, -0.25) is 0 Å². The molecule has 2 heteroatoms. The van der Waals surface area contributed by atoms with Gasteiger partial charge in [-0.25, -0.2) is 0 Å². The molecule has 0 bridgehead atoms. The van der Waals surface area contributed by atoms with Gasteiger partial charge in [-0.2, -0.15) is 0 Å². The van der Waals surface area contributed by atoms with Gasteiger partial charge >= 0.3 is 0 Å². The van der Waals surface area contributed by atoms with E-state index in [0.29, 0.717) is 0 Å². The van der Waals surface area contributed by atoms with Crippen LogP contribution in [0.1, 0.15) is 22.3 Å². The average molecular weight is 920 g/mol. The Bertz CT molecular complexity index is 4120. The van der Waals surface area contributed by atoms with Crippen LogP contribution in [0.3, 0.4) is 0 Å². The summed E-state index contributed by atoms with van der Waals surface area (Å²) >= 11 is 1.89. The van der Waals surface area contributed by atoms with E-state index in [-0.39, 0.29) is 0 Å². The van der Waals surface area contributed by atoms with Crippen molar-refractivity contribution in [3.05, 3.63) is 295 Å². The molecular weight excluding hydrogens is 875 g/mol. The fourth-order valence-corrected chi connectivity index (χ4v) is 13.0. The molecule has 0 N–H and O–H groups in total. The van der Waals surface area contributed by atoms with Gasteiger partial charge < -0.3 is 4.90 Å². The highest BCUT2D eigenvalue weighted by molar-refractivity contribution is 7.26. The van der Waals surface area contributed by atoms with E-state index in [1.165, 1.54) is 108 Å². The summed E-state index contributed by atoms with van der Waals surface area (Å²) in [7, 11) is 0. The van der Waals surface area contributed by atoms with E-state index in [0.717, 1.165) is 17.1 Å². The summed E-state index contributed by atoms with van der Waals surface area (Å²) in [5, 5.41) is 7.51. The van der Waals surface area contributed by atoms with Crippen LogP contribution in [0.5, 0.6) is 0 Å². The van der Waals surface area contributed by atoms with Crippen LogP contribution in [-0.2, 0) is 5.41 Å². The third kappa shape index (κ3) is 6.60. The molecule has 71 heavy (non-hydrogen) atoms. The van der Waals surface area contributed by atoms with Crippen LogP contribution >= 0.6 is 11.3 Å². The zero-order chi connectivity index (χ0) is 46.9. The molecule has 14 rings (SSSR count). The molecule has 332 valence electrons. The number of nitrogens with zero attached hydrogens (tertiary/aromatic N) is 1. The average Bonchev–Trinajstić information content (AvgIpc) is 3.98. The molecule has 1 aliphatic rings. The van der Waals surface area contributed by atoms with Crippen molar-refractivity contribution in [3.63, 3.8) is 0 Å². The quantitative estimate of drug-likeness (QED) is 0.147. The minimum atomic E-state index is -0.543. The fraction of sp³-hybridized carbons (Fsp3) is 0.0145. The Labute approximate surface area is 417 Å². The Morgan fingerprint density at radius 2 is 0.873 bits per heavy atom. The first-order valence-electron chi connectivity index (χ1n) is 24.5. The minimum Gasteiger partial charge on any atom is -0.310 e. The van der Waals surface area contributed by atoms with Crippen LogP contribution in [0, 0.1) is 0 Å². The molecule has 0 saturated heterocycles. The highest BCUT2D eigenvalue weighted by Crippen LogP contribution is 2.58. The molecular formula is C69H45NS. The van der Waals surface area contributed by atoms with Gasteiger partial charge in [0.2, 0.25) is 0 Å². The van der Waals surface area contributed by atoms with E-state index in [1.807, 2.05) is 11.3 Å².